The maximum Gasteiger partial charge on any atom is 0.246 e. The molecule has 1 atom stereocenters. The first-order valence-corrected chi connectivity index (χ1v) is 10.2. The van der Waals surface area contributed by atoms with Gasteiger partial charge in [-0.3, -0.25) is 13.9 Å². The van der Waals surface area contributed by atoms with Crippen LogP contribution in [0.15, 0.2) is 18.2 Å². The number of rotatable bonds is 5. The maximum atomic E-state index is 12.8. The molecule has 0 bridgehead atoms. The van der Waals surface area contributed by atoms with Crippen LogP contribution in [0.5, 0.6) is 0 Å². The first kappa shape index (κ1) is 19.8. The predicted molar refractivity (Wildman–Crippen MR) is 97.5 cm³/mol. The van der Waals surface area contributed by atoms with E-state index in [4.69, 9.17) is 23.2 Å². The van der Waals surface area contributed by atoms with E-state index in [1.54, 1.807) is 15.9 Å². The van der Waals surface area contributed by atoms with Crippen LogP contribution >= 0.6 is 23.2 Å². The fourth-order valence-corrected chi connectivity index (χ4v) is 4.34. The lowest BCUT2D eigenvalue weighted by Crippen LogP contribution is -2.55. The third-order valence-electron chi connectivity index (χ3n) is 3.99. The smallest absolute Gasteiger partial charge is 0.246 e. The number of hydrogen-bond acceptors (Lipinski definition) is 4. The van der Waals surface area contributed by atoms with Crippen LogP contribution in [0.1, 0.15) is 6.92 Å². The lowest BCUT2D eigenvalue weighted by molar-refractivity contribution is -0.135. The van der Waals surface area contributed by atoms with Gasteiger partial charge >= 0.3 is 0 Å². The van der Waals surface area contributed by atoms with E-state index in [-0.39, 0.29) is 16.6 Å². The number of amides is 2. The van der Waals surface area contributed by atoms with Crippen LogP contribution in [0.25, 0.3) is 0 Å². The second-order valence-electron chi connectivity index (χ2n) is 5.80. The summed E-state index contributed by atoms with van der Waals surface area (Å²) in [5.41, 5.74) is 0.157. The van der Waals surface area contributed by atoms with Crippen LogP contribution in [0.4, 0.5) is 5.69 Å². The first-order valence-electron chi connectivity index (χ1n) is 7.57. The Morgan fingerprint density at radius 3 is 2.36 bits per heavy atom. The van der Waals surface area contributed by atoms with E-state index in [9.17, 15) is 18.0 Å². The number of hydrogen-bond donors (Lipinski definition) is 0. The number of carbonyl (C=O) groups excluding carboxylic acids is 2. The Labute approximate surface area is 157 Å². The lowest BCUT2D eigenvalue weighted by Gasteiger charge is -2.37. The highest BCUT2D eigenvalue weighted by Crippen LogP contribution is 2.32. The molecule has 7 nitrogen and oxygen atoms in total. The molecule has 0 aromatic heterocycles. The summed E-state index contributed by atoms with van der Waals surface area (Å²) in [5, 5.41) is 0.493. The lowest BCUT2D eigenvalue weighted by atomic mass is 10.2. The average molecular weight is 408 g/mol. The van der Waals surface area contributed by atoms with Crippen molar-refractivity contribution in [2.45, 2.75) is 13.0 Å². The molecule has 0 aliphatic carbocycles. The third kappa shape index (κ3) is 4.56. The Bertz CT molecular complexity index is 764. The van der Waals surface area contributed by atoms with Gasteiger partial charge in [-0.25, -0.2) is 8.42 Å². The van der Waals surface area contributed by atoms with Gasteiger partial charge in [0.05, 0.1) is 17.0 Å². The summed E-state index contributed by atoms with van der Waals surface area (Å²) in [6.07, 6.45) is 1.75. The molecular weight excluding hydrogens is 389 g/mol. The minimum absolute atomic E-state index is 0.157. The minimum Gasteiger partial charge on any atom is -0.342 e. The summed E-state index contributed by atoms with van der Waals surface area (Å²) >= 11 is 12.1. The number of benzene rings is 1. The van der Waals surface area contributed by atoms with Gasteiger partial charge in [0.2, 0.25) is 22.3 Å². The quantitative estimate of drug-likeness (QED) is 0.691. The second-order valence-corrected chi connectivity index (χ2v) is 8.50. The van der Waals surface area contributed by atoms with E-state index < -0.39 is 16.1 Å². The average Bonchev–Trinajstić information content (AvgIpc) is 2.56. The first-order chi connectivity index (χ1) is 11.6. The standard InChI is InChI=1S/C15H19Cl2N3O4S/c1-11(15(22)19-7-5-18(10-21)6-8-19)20(25(2,23)24)14-9-12(16)3-4-13(14)17/h3-4,9-11H,5-8H2,1-2H3/t11-/m1/s1. The molecule has 0 N–H and O–H groups in total. The van der Waals surface area contributed by atoms with Gasteiger partial charge in [-0.15, -0.1) is 0 Å². The van der Waals surface area contributed by atoms with Gasteiger partial charge in [-0.05, 0) is 25.1 Å². The van der Waals surface area contributed by atoms with Crippen LogP contribution in [0.3, 0.4) is 0 Å². The fourth-order valence-electron chi connectivity index (χ4n) is 2.74. The Morgan fingerprint density at radius 1 is 1.24 bits per heavy atom. The zero-order valence-corrected chi connectivity index (χ0v) is 16.2. The molecule has 1 aliphatic heterocycles. The number of carbonyl (C=O) groups is 2. The van der Waals surface area contributed by atoms with Gasteiger partial charge in [0.1, 0.15) is 6.04 Å². The minimum atomic E-state index is -3.78. The molecule has 0 saturated carbocycles. The Hall–Kier alpha value is -1.51. The van der Waals surface area contributed by atoms with Gasteiger partial charge in [0.15, 0.2) is 0 Å². The number of halogens is 2. The SMILES string of the molecule is C[C@H](C(=O)N1CCN(C=O)CC1)N(c1cc(Cl)ccc1Cl)S(C)(=O)=O. The zero-order valence-electron chi connectivity index (χ0n) is 13.9. The van der Waals surface area contributed by atoms with Gasteiger partial charge in [-0.1, -0.05) is 23.2 Å². The van der Waals surface area contributed by atoms with Crippen LogP contribution in [-0.4, -0.2) is 69.0 Å². The van der Waals surface area contributed by atoms with E-state index >= 15 is 0 Å². The van der Waals surface area contributed by atoms with Crippen molar-refractivity contribution in [3.63, 3.8) is 0 Å². The van der Waals surface area contributed by atoms with E-state index in [1.165, 1.54) is 19.1 Å². The maximum absolute atomic E-state index is 12.8. The molecule has 0 spiro atoms. The van der Waals surface area contributed by atoms with Gasteiger partial charge < -0.3 is 9.80 Å². The van der Waals surface area contributed by atoms with Gasteiger partial charge in [0, 0.05) is 31.2 Å². The Morgan fingerprint density at radius 2 is 1.84 bits per heavy atom. The van der Waals surface area contributed by atoms with Crippen LogP contribution < -0.4 is 4.31 Å². The monoisotopic (exact) mass is 407 g/mol. The van der Waals surface area contributed by atoms with Gasteiger partial charge in [-0.2, -0.15) is 0 Å². The summed E-state index contributed by atoms with van der Waals surface area (Å²) in [5.74, 6) is -0.355. The van der Waals surface area contributed by atoms with Crippen molar-refractivity contribution in [1.82, 2.24) is 9.80 Å². The summed E-state index contributed by atoms with van der Waals surface area (Å²) in [6.45, 7) is 3.04. The summed E-state index contributed by atoms with van der Waals surface area (Å²) < 4.78 is 25.6. The Balaban J connectivity index is 2.31. The largest absolute Gasteiger partial charge is 0.342 e. The highest BCUT2D eigenvalue weighted by molar-refractivity contribution is 7.92. The predicted octanol–water partition coefficient (Wildman–Crippen LogP) is 1.45. The summed E-state index contributed by atoms with van der Waals surface area (Å²) in [6, 6.07) is 3.45. The van der Waals surface area contributed by atoms with Crippen LogP contribution in [0, 0.1) is 0 Å². The Kier molecular flexibility index (Phi) is 6.18. The van der Waals surface area contributed by atoms with Crippen molar-refractivity contribution >= 4 is 51.2 Å². The molecule has 1 aromatic carbocycles. The van der Waals surface area contributed by atoms with Crippen molar-refractivity contribution in [3.05, 3.63) is 28.2 Å². The van der Waals surface area contributed by atoms with Crippen molar-refractivity contribution < 1.29 is 18.0 Å². The summed E-state index contributed by atoms with van der Waals surface area (Å²) in [4.78, 5) is 26.7. The highest BCUT2D eigenvalue weighted by Gasteiger charge is 2.34. The second kappa shape index (κ2) is 7.80. The molecular formula is C15H19Cl2N3O4S. The van der Waals surface area contributed by atoms with E-state index in [0.717, 1.165) is 17.0 Å². The number of piperazine rings is 1. The summed E-state index contributed by atoms with van der Waals surface area (Å²) in [7, 11) is -3.78. The molecule has 1 saturated heterocycles. The van der Waals surface area contributed by atoms with E-state index in [0.29, 0.717) is 31.2 Å². The molecule has 2 amide bonds. The highest BCUT2D eigenvalue weighted by atomic mass is 35.5. The molecule has 138 valence electrons. The van der Waals surface area contributed by atoms with Crippen LogP contribution in [0.2, 0.25) is 10.0 Å². The molecule has 10 heteroatoms. The number of sulfonamides is 1. The van der Waals surface area contributed by atoms with Gasteiger partial charge in [0.25, 0.3) is 0 Å². The number of anilines is 1. The number of nitrogens with zero attached hydrogens (tertiary/aromatic N) is 3. The normalized spacial score (nSPS) is 16.5. The molecule has 1 aliphatic rings. The third-order valence-corrected chi connectivity index (χ3v) is 5.77. The van der Waals surface area contributed by atoms with Crippen molar-refractivity contribution in [2.75, 3.05) is 36.7 Å². The molecule has 0 unspecified atom stereocenters. The van der Waals surface area contributed by atoms with Crippen molar-refractivity contribution in [3.8, 4) is 0 Å². The molecule has 0 radical (unpaired) electrons. The molecule has 1 heterocycles. The molecule has 25 heavy (non-hydrogen) atoms. The van der Waals surface area contributed by atoms with E-state index in [2.05, 4.69) is 0 Å². The van der Waals surface area contributed by atoms with Crippen molar-refractivity contribution in [2.24, 2.45) is 0 Å². The molecule has 1 fully saturated rings. The topological polar surface area (TPSA) is 78.0 Å². The fraction of sp³-hybridized carbons (Fsp3) is 0.467. The molecule has 2 rings (SSSR count). The van der Waals surface area contributed by atoms with Crippen LogP contribution in [-0.2, 0) is 19.6 Å². The van der Waals surface area contributed by atoms with E-state index in [1.807, 2.05) is 0 Å². The van der Waals surface area contributed by atoms with Crippen molar-refractivity contribution in [1.29, 1.82) is 0 Å². The zero-order chi connectivity index (χ0) is 18.8. The molecule has 1 aromatic rings.